The first-order chi connectivity index (χ1) is 8.74. The summed E-state index contributed by atoms with van der Waals surface area (Å²) in [5, 5.41) is 8.29. The van der Waals surface area contributed by atoms with Crippen molar-refractivity contribution < 1.29 is 4.52 Å². The molecular weight excluding hydrogens is 273 g/mol. The molecule has 0 spiro atoms. The quantitative estimate of drug-likeness (QED) is 0.917. The van der Waals surface area contributed by atoms with Crippen LogP contribution in [0.15, 0.2) is 22.7 Å². The normalized spacial score (nSPS) is 19.3. The van der Waals surface area contributed by atoms with Crippen molar-refractivity contribution in [3.63, 3.8) is 0 Å². The molecule has 2 aromatic rings. The molecule has 4 nitrogen and oxygen atoms in total. The van der Waals surface area contributed by atoms with Gasteiger partial charge in [-0.2, -0.15) is 4.98 Å². The average molecular weight is 284 g/mol. The molecule has 1 atom stereocenters. The minimum atomic E-state index is 0.175. The first-order valence-corrected chi connectivity index (χ1v) is 6.52. The van der Waals surface area contributed by atoms with Crippen LogP contribution in [0.25, 0.3) is 11.4 Å². The molecule has 2 heterocycles. The van der Waals surface area contributed by atoms with Gasteiger partial charge in [0.1, 0.15) is 0 Å². The second-order valence-electron chi connectivity index (χ2n) is 4.23. The summed E-state index contributed by atoms with van der Waals surface area (Å²) in [6, 6.07) is 5.46. The highest BCUT2D eigenvalue weighted by Crippen LogP contribution is 2.28. The lowest BCUT2D eigenvalue weighted by atomic mass is 10.2. The van der Waals surface area contributed by atoms with E-state index in [-0.39, 0.29) is 6.04 Å². The van der Waals surface area contributed by atoms with Crippen LogP contribution >= 0.6 is 23.2 Å². The van der Waals surface area contributed by atoms with Gasteiger partial charge in [-0.3, -0.25) is 0 Å². The van der Waals surface area contributed by atoms with E-state index in [1.54, 1.807) is 12.1 Å². The largest absolute Gasteiger partial charge is 0.337 e. The average Bonchev–Trinajstić information content (AvgIpc) is 3.01. The van der Waals surface area contributed by atoms with Crippen molar-refractivity contribution in [2.24, 2.45) is 0 Å². The van der Waals surface area contributed by atoms with Gasteiger partial charge in [-0.15, -0.1) is 0 Å². The highest BCUT2D eigenvalue weighted by Gasteiger charge is 2.22. The molecule has 1 aromatic carbocycles. The summed E-state index contributed by atoms with van der Waals surface area (Å²) in [6.07, 6.45) is 2.16. The Morgan fingerprint density at radius 3 is 2.89 bits per heavy atom. The maximum Gasteiger partial charge on any atom is 0.244 e. The van der Waals surface area contributed by atoms with Gasteiger partial charge in [0.25, 0.3) is 0 Å². The van der Waals surface area contributed by atoms with Gasteiger partial charge in [-0.1, -0.05) is 28.4 Å². The summed E-state index contributed by atoms with van der Waals surface area (Å²) in [7, 11) is 0. The molecule has 0 aliphatic carbocycles. The van der Waals surface area contributed by atoms with Crippen molar-refractivity contribution in [1.29, 1.82) is 0 Å². The molecule has 1 aliphatic heterocycles. The third kappa shape index (κ3) is 2.23. The molecule has 1 saturated heterocycles. The van der Waals surface area contributed by atoms with Gasteiger partial charge in [-0.25, -0.2) is 0 Å². The van der Waals surface area contributed by atoms with E-state index in [2.05, 4.69) is 15.5 Å². The smallest absolute Gasteiger partial charge is 0.244 e. The Labute approximate surface area is 114 Å². The third-order valence-electron chi connectivity index (χ3n) is 2.98. The van der Waals surface area contributed by atoms with Gasteiger partial charge in [0.15, 0.2) is 0 Å². The first-order valence-electron chi connectivity index (χ1n) is 5.76. The molecule has 0 bridgehead atoms. The first kappa shape index (κ1) is 12.0. The Kier molecular flexibility index (Phi) is 3.24. The predicted molar refractivity (Wildman–Crippen MR) is 69.7 cm³/mol. The summed E-state index contributed by atoms with van der Waals surface area (Å²) >= 11 is 11.8. The molecule has 18 heavy (non-hydrogen) atoms. The Morgan fingerprint density at radius 2 is 2.17 bits per heavy atom. The highest BCUT2D eigenvalue weighted by atomic mass is 35.5. The van der Waals surface area contributed by atoms with E-state index < -0.39 is 0 Å². The molecule has 1 N–H and O–H groups in total. The van der Waals surface area contributed by atoms with E-state index >= 15 is 0 Å². The monoisotopic (exact) mass is 283 g/mol. The molecule has 1 aromatic heterocycles. The summed E-state index contributed by atoms with van der Waals surface area (Å²) in [4.78, 5) is 4.39. The number of aromatic nitrogens is 2. The van der Waals surface area contributed by atoms with E-state index in [0.717, 1.165) is 24.9 Å². The molecule has 1 aliphatic rings. The Balaban J connectivity index is 1.89. The molecule has 1 fully saturated rings. The number of halogens is 2. The lowest BCUT2D eigenvalue weighted by Gasteiger charge is -2.01. The number of rotatable bonds is 2. The minimum Gasteiger partial charge on any atom is -0.337 e. The van der Waals surface area contributed by atoms with Crippen LogP contribution in [0.4, 0.5) is 0 Å². The number of hydrogen-bond donors (Lipinski definition) is 1. The molecule has 0 unspecified atom stereocenters. The summed E-state index contributed by atoms with van der Waals surface area (Å²) in [6.45, 7) is 0.995. The predicted octanol–water partition coefficient (Wildman–Crippen LogP) is 3.47. The SMILES string of the molecule is Clc1ccc(-c2noc([C@@H]3CCCN3)n2)cc1Cl. The van der Waals surface area contributed by atoms with Crippen LogP contribution < -0.4 is 5.32 Å². The van der Waals surface area contributed by atoms with Crippen molar-refractivity contribution in [3.05, 3.63) is 34.1 Å². The molecular formula is C12H11Cl2N3O. The van der Waals surface area contributed by atoms with Gasteiger partial charge >= 0.3 is 0 Å². The van der Waals surface area contributed by atoms with Gasteiger partial charge in [-0.05, 0) is 37.6 Å². The van der Waals surface area contributed by atoms with Crippen LogP contribution in [0.5, 0.6) is 0 Å². The lowest BCUT2D eigenvalue weighted by Crippen LogP contribution is -2.12. The van der Waals surface area contributed by atoms with Crippen LogP contribution in [-0.4, -0.2) is 16.7 Å². The Hall–Kier alpha value is -1.10. The lowest BCUT2D eigenvalue weighted by molar-refractivity contribution is 0.345. The maximum absolute atomic E-state index is 5.97. The number of nitrogens with zero attached hydrogens (tertiary/aromatic N) is 2. The van der Waals surface area contributed by atoms with Crippen molar-refractivity contribution in [2.45, 2.75) is 18.9 Å². The standard InChI is InChI=1S/C12H11Cl2N3O/c13-8-4-3-7(6-9(8)14)11-16-12(18-17-11)10-2-1-5-15-10/h3-4,6,10,15H,1-2,5H2/t10-/m0/s1. The third-order valence-corrected chi connectivity index (χ3v) is 3.72. The highest BCUT2D eigenvalue weighted by molar-refractivity contribution is 6.42. The summed E-state index contributed by atoms with van der Waals surface area (Å²) in [5.74, 6) is 1.17. The van der Waals surface area contributed by atoms with Crippen molar-refractivity contribution >= 4 is 23.2 Å². The van der Waals surface area contributed by atoms with Crippen molar-refractivity contribution in [2.75, 3.05) is 6.54 Å². The Morgan fingerprint density at radius 1 is 1.28 bits per heavy atom. The van der Waals surface area contributed by atoms with Crippen LogP contribution in [0.2, 0.25) is 10.0 Å². The van der Waals surface area contributed by atoms with Crippen LogP contribution in [0.3, 0.4) is 0 Å². The van der Waals surface area contributed by atoms with Crippen molar-refractivity contribution in [3.8, 4) is 11.4 Å². The van der Waals surface area contributed by atoms with Gasteiger partial charge in [0.2, 0.25) is 11.7 Å². The maximum atomic E-state index is 5.97. The molecule has 0 radical (unpaired) electrons. The second kappa shape index (κ2) is 4.88. The fourth-order valence-electron chi connectivity index (χ4n) is 2.02. The summed E-state index contributed by atoms with van der Waals surface area (Å²) < 4.78 is 5.27. The fraction of sp³-hybridized carbons (Fsp3) is 0.333. The minimum absolute atomic E-state index is 0.175. The van der Waals surface area contributed by atoms with Crippen LogP contribution in [0, 0.1) is 0 Å². The van der Waals surface area contributed by atoms with Gasteiger partial charge < -0.3 is 9.84 Å². The zero-order valence-corrected chi connectivity index (χ0v) is 11.0. The fourth-order valence-corrected chi connectivity index (χ4v) is 2.32. The van der Waals surface area contributed by atoms with E-state index in [0.29, 0.717) is 21.8 Å². The van der Waals surface area contributed by atoms with Crippen LogP contribution in [-0.2, 0) is 0 Å². The number of benzene rings is 1. The summed E-state index contributed by atoms with van der Waals surface area (Å²) in [5.41, 5.74) is 0.803. The van der Waals surface area contributed by atoms with Gasteiger partial charge in [0.05, 0.1) is 16.1 Å². The Bertz CT molecular complexity index is 564. The van der Waals surface area contributed by atoms with Gasteiger partial charge in [0, 0.05) is 5.56 Å². The van der Waals surface area contributed by atoms with E-state index in [1.807, 2.05) is 6.07 Å². The molecule has 0 amide bonds. The van der Waals surface area contributed by atoms with E-state index in [9.17, 15) is 0 Å². The number of hydrogen-bond acceptors (Lipinski definition) is 4. The zero-order valence-electron chi connectivity index (χ0n) is 9.49. The van der Waals surface area contributed by atoms with E-state index in [4.69, 9.17) is 27.7 Å². The van der Waals surface area contributed by atoms with Crippen LogP contribution in [0.1, 0.15) is 24.8 Å². The molecule has 94 valence electrons. The van der Waals surface area contributed by atoms with E-state index in [1.165, 1.54) is 0 Å². The zero-order chi connectivity index (χ0) is 12.5. The molecule has 0 saturated carbocycles. The van der Waals surface area contributed by atoms with Crippen molar-refractivity contribution in [1.82, 2.24) is 15.5 Å². The topological polar surface area (TPSA) is 51.0 Å². The molecule has 3 rings (SSSR count). The number of nitrogens with one attached hydrogen (secondary N) is 1. The second-order valence-corrected chi connectivity index (χ2v) is 5.05. The molecule has 6 heteroatoms.